The van der Waals surface area contributed by atoms with E-state index in [1.165, 1.54) is 48.3 Å². The number of nitrogens with zero attached hydrogens (tertiary/aromatic N) is 3. The van der Waals surface area contributed by atoms with Gasteiger partial charge in [0.05, 0.1) is 15.5 Å². The Morgan fingerprint density at radius 2 is 1.74 bits per heavy atom. The first-order valence-corrected chi connectivity index (χ1v) is 10.6. The van der Waals surface area contributed by atoms with Gasteiger partial charge in [0, 0.05) is 40.9 Å². The van der Waals surface area contributed by atoms with Crippen LogP contribution in [0.25, 0.3) is 0 Å². The molecule has 0 radical (unpaired) electrons. The molecule has 0 bridgehead atoms. The first-order valence-electron chi connectivity index (χ1n) is 9.89. The molecule has 1 atom stereocenters. The Labute approximate surface area is 203 Å². The molecule has 4 rings (SSSR count). The summed E-state index contributed by atoms with van der Waals surface area (Å²) in [6.45, 7) is 1.35. The van der Waals surface area contributed by atoms with Crippen LogP contribution in [0.1, 0.15) is 34.6 Å². The molecule has 1 unspecified atom stereocenters. The number of hydrogen-bond acceptors (Lipinski definition) is 6. The highest BCUT2D eigenvalue weighted by atomic mass is 35.5. The number of anilines is 1. The van der Waals surface area contributed by atoms with Gasteiger partial charge in [0.25, 0.3) is 11.6 Å². The second-order valence-electron chi connectivity index (χ2n) is 7.24. The highest BCUT2D eigenvalue weighted by Crippen LogP contribution is 2.31. The molecule has 0 aliphatic carbocycles. The fourth-order valence-electron chi connectivity index (χ4n) is 3.23. The molecular weight excluding hydrogens is 483 g/mol. The summed E-state index contributed by atoms with van der Waals surface area (Å²) in [5.74, 6) is -0.595. The van der Waals surface area contributed by atoms with E-state index >= 15 is 0 Å². The molecule has 1 aliphatic heterocycles. The maximum atomic E-state index is 12.5. The minimum Gasteiger partial charge on any atom is -0.446 e. The molecule has 172 valence electrons. The predicted octanol–water partition coefficient (Wildman–Crippen LogP) is 5.39. The van der Waals surface area contributed by atoms with Crippen molar-refractivity contribution in [2.45, 2.75) is 13.2 Å². The summed E-state index contributed by atoms with van der Waals surface area (Å²) in [5, 5.41) is 19.7. The average molecular weight is 499 g/mol. The van der Waals surface area contributed by atoms with Crippen LogP contribution in [-0.2, 0) is 9.53 Å². The lowest BCUT2D eigenvalue weighted by molar-refractivity contribution is -0.384. The van der Waals surface area contributed by atoms with Crippen molar-refractivity contribution >= 4 is 52.3 Å². The zero-order valence-corrected chi connectivity index (χ0v) is 19.1. The SMILES string of the molecule is CC(=O)N1N=C(c2ccc([N+](=O)[O-])cc2)OC1c1ccc(NC(=O)c2ccc(Cl)cc2Cl)cc1. The fourth-order valence-corrected chi connectivity index (χ4v) is 3.72. The van der Waals surface area contributed by atoms with Gasteiger partial charge < -0.3 is 10.1 Å². The largest absolute Gasteiger partial charge is 0.446 e. The third kappa shape index (κ3) is 4.85. The van der Waals surface area contributed by atoms with E-state index in [1.807, 2.05) is 0 Å². The quantitative estimate of drug-likeness (QED) is 0.373. The number of hydrazone groups is 1. The van der Waals surface area contributed by atoms with Gasteiger partial charge in [-0.05, 0) is 42.5 Å². The fraction of sp³-hybridized carbons (Fsp3) is 0.0870. The van der Waals surface area contributed by atoms with E-state index in [4.69, 9.17) is 27.9 Å². The average Bonchev–Trinajstić information content (AvgIpc) is 3.25. The first kappa shape index (κ1) is 23.2. The number of carbonyl (C=O) groups excluding carboxylic acids is 2. The number of ether oxygens (including phenoxy) is 1. The van der Waals surface area contributed by atoms with Gasteiger partial charge in [-0.3, -0.25) is 19.7 Å². The van der Waals surface area contributed by atoms with Crippen LogP contribution in [0.5, 0.6) is 0 Å². The van der Waals surface area contributed by atoms with E-state index in [-0.39, 0.29) is 28.1 Å². The van der Waals surface area contributed by atoms with Crippen molar-refractivity contribution in [3.63, 3.8) is 0 Å². The van der Waals surface area contributed by atoms with Gasteiger partial charge in [0.2, 0.25) is 18.0 Å². The number of hydrogen-bond donors (Lipinski definition) is 1. The Morgan fingerprint density at radius 1 is 1.06 bits per heavy atom. The number of nitro benzene ring substituents is 1. The summed E-state index contributed by atoms with van der Waals surface area (Å²) in [7, 11) is 0. The van der Waals surface area contributed by atoms with Crippen LogP contribution in [0.15, 0.2) is 71.8 Å². The molecule has 11 heteroatoms. The molecule has 0 saturated heterocycles. The number of benzene rings is 3. The molecule has 9 nitrogen and oxygen atoms in total. The standard InChI is InChI=1S/C23H16Cl2N4O5/c1-13(30)28-23(34-22(27-28)14-4-9-18(10-5-14)29(32)33)15-2-7-17(8-3-15)26-21(31)19-11-6-16(24)12-20(19)25/h2-12,23H,1H3,(H,26,31). The third-order valence-corrected chi connectivity index (χ3v) is 5.47. The monoisotopic (exact) mass is 498 g/mol. The third-order valence-electron chi connectivity index (χ3n) is 4.92. The second kappa shape index (κ2) is 9.50. The molecule has 0 aromatic heterocycles. The molecule has 1 aliphatic rings. The van der Waals surface area contributed by atoms with Crippen molar-refractivity contribution in [2.24, 2.45) is 5.10 Å². The van der Waals surface area contributed by atoms with Gasteiger partial charge in [0.15, 0.2) is 0 Å². The topological polar surface area (TPSA) is 114 Å². The van der Waals surface area contributed by atoms with Gasteiger partial charge in [-0.2, -0.15) is 5.01 Å². The minimum absolute atomic E-state index is 0.0696. The highest BCUT2D eigenvalue weighted by Gasteiger charge is 2.33. The smallest absolute Gasteiger partial charge is 0.269 e. The molecule has 0 saturated carbocycles. The molecule has 34 heavy (non-hydrogen) atoms. The Bertz CT molecular complexity index is 1310. The van der Waals surface area contributed by atoms with Gasteiger partial charge in [-0.1, -0.05) is 35.3 Å². The Kier molecular flexibility index (Phi) is 6.49. The van der Waals surface area contributed by atoms with Crippen molar-refractivity contribution in [2.75, 3.05) is 5.32 Å². The Balaban J connectivity index is 1.50. The lowest BCUT2D eigenvalue weighted by atomic mass is 10.1. The van der Waals surface area contributed by atoms with E-state index in [0.717, 1.165) is 0 Å². The maximum Gasteiger partial charge on any atom is 0.269 e. The summed E-state index contributed by atoms with van der Waals surface area (Å²) >= 11 is 12.0. The van der Waals surface area contributed by atoms with Gasteiger partial charge >= 0.3 is 0 Å². The van der Waals surface area contributed by atoms with E-state index in [0.29, 0.717) is 21.8 Å². The number of nitro groups is 1. The number of nitrogens with one attached hydrogen (secondary N) is 1. The lowest BCUT2D eigenvalue weighted by Gasteiger charge is -2.19. The number of halogens is 2. The summed E-state index contributed by atoms with van der Waals surface area (Å²) in [4.78, 5) is 35.0. The summed E-state index contributed by atoms with van der Waals surface area (Å²) in [6.07, 6.45) is -0.835. The van der Waals surface area contributed by atoms with Crippen LogP contribution in [0.2, 0.25) is 10.0 Å². The normalized spacial score (nSPS) is 14.9. The van der Waals surface area contributed by atoms with Crippen LogP contribution in [-0.4, -0.2) is 27.6 Å². The molecule has 3 aromatic carbocycles. The molecule has 2 amide bonds. The number of amides is 2. The van der Waals surface area contributed by atoms with Crippen LogP contribution < -0.4 is 5.32 Å². The van der Waals surface area contributed by atoms with E-state index in [2.05, 4.69) is 10.4 Å². The summed E-state index contributed by atoms with van der Waals surface area (Å²) in [5.41, 5.74) is 1.81. The maximum absolute atomic E-state index is 12.5. The highest BCUT2D eigenvalue weighted by molar-refractivity contribution is 6.37. The predicted molar refractivity (Wildman–Crippen MR) is 127 cm³/mol. The van der Waals surface area contributed by atoms with Crippen LogP contribution in [0.4, 0.5) is 11.4 Å². The van der Waals surface area contributed by atoms with Crippen molar-refractivity contribution < 1.29 is 19.2 Å². The van der Waals surface area contributed by atoms with Crippen LogP contribution in [0, 0.1) is 10.1 Å². The summed E-state index contributed by atoms with van der Waals surface area (Å²) in [6, 6.07) is 16.9. The zero-order chi connectivity index (χ0) is 24.4. The molecular formula is C23H16Cl2N4O5. The van der Waals surface area contributed by atoms with E-state index < -0.39 is 17.1 Å². The van der Waals surface area contributed by atoms with E-state index in [1.54, 1.807) is 30.3 Å². The van der Waals surface area contributed by atoms with Crippen LogP contribution >= 0.6 is 23.2 Å². The Morgan fingerprint density at radius 3 is 2.32 bits per heavy atom. The molecule has 0 spiro atoms. The van der Waals surface area contributed by atoms with Crippen molar-refractivity contribution in [1.29, 1.82) is 0 Å². The lowest BCUT2D eigenvalue weighted by Crippen LogP contribution is -2.25. The number of carbonyl (C=O) groups is 2. The van der Waals surface area contributed by atoms with Gasteiger partial charge in [0.1, 0.15) is 0 Å². The zero-order valence-electron chi connectivity index (χ0n) is 17.6. The van der Waals surface area contributed by atoms with Crippen molar-refractivity contribution in [3.8, 4) is 0 Å². The van der Waals surface area contributed by atoms with E-state index in [9.17, 15) is 19.7 Å². The van der Waals surface area contributed by atoms with Gasteiger partial charge in [-0.25, -0.2) is 0 Å². The number of rotatable bonds is 5. The van der Waals surface area contributed by atoms with Crippen molar-refractivity contribution in [3.05, 3.63) is 104 Å². The molecule has 1 N–H and O–H groups in total. The molecule has 3 aromatic rings. The van der Waals surface area contributed by atoms with Crippen molar-refractivity contribution in [1.82, 2.24) is 5.01 Å². The van der Waals surface area contributed by atoms with Gasteiger partial charge in [-0.15, -0.1) is 5.10 Å². The minimum atomic E-state index is -0.835. The Hall–Kier alpha value is -3.95. The first-order chi connectivity index (χ1) is 16.2. The molecule has 1 heterocycles. The van der Waals surface area contributed by atoms with Crippen LogP contribution in [0.3, 0.4) is 0 Å². The second-order valence-corrected chi connectivity index (χ2v) is 8.09. The molecule has 0 fully saturated rings. The number of non-ortho nitro benzene ring substituents is 1. The summed E-state index contributed by atoms with van der Waals surface area (Å²) < 4.78 is 5.89.